The van der Waals surface area contributed by atoms with E-state index in [2.05, 4.69) is 20.6 Å². The van der Waals surface area contributed by atoms with Crippen molar-refractivity contribution in [2.45, 2.75) is 33.3 Å². The minimum absolute atomic E-state index is 0. The maximum absolute atomic E-state index is 11.9. The molecule has 0 aliphatic carbocycles. The molecule has 0 saturated carbocycles. The van der Waals surface area contributed by atoms with Crippen LogP contribution in [0.1, 0.15) is 25.8 Å². The first kappa shape index (κ1) is 22.7. The van der Waals surface area contributed by atoms with Crippen molar-refractivity contribution in [3.63, 3.8) is 0 Å². The Bertz CT molecular complexity index is 746. The molecule has 0 aliphatic rings. The van der Waals surface area contributed by atoms with E-state index in [0.717, 1.165) is 17.0 Å². The van der Waals surface area contributed by atoms with Crippen molar-refractivity contribution in [2.75, 3.05) is 17.2 Å². The van der Waals surface area contributed by atoms with Gasteiger partial charge in [0.15, 0.2) is 5.96 Å². The number of rotatable bonds is 7. The second-order valence-electron chi connectivity index (χ2n) is 6.10. The number of nitrogens with zero attached hydrogens (tertiary/aromatic N) is 2. The van der Waals surface area contributed by atoms with Gasteiger partial charge in [-0.15, -0.1) is 24.0 Å². The number of aryl methyl sites for hydroxylation is 1. The molecule has 0 unspecified atom stereocenters. The molecule has 27 heavy (non-hydrogen) atoms. The van der Waals surface area contributed by atoms with Crippen molar-refractivity contribution < 1.29 is 9.53 Å². The summed E-state index contributed by atoms with van der Waals surface area (Å²) in [6.07, 6.45) is 2.05. The number of nitrogens with two attached hydrogens (primary N) is 1. The van der Waals surface area contributed by atoms with E-state index in [9.17, 15) is 4.79 Å². The summed E-state index contributed by atoms with van der Waals surface area (Å²) < 4.78 is 5.58. The molecule has 8 heteroatoms. The second kappa shape index (κ2) is 11.4. The first-order valence-electron chi connectivity index (χ1n) is 8.48. The molecule has 1 aromatic heterocycles. The molecule has 1 aromatic carbocycles. The van der Waals surface area contributed by atoms with Crippen LogP contribution in [0.15, 0.2) is 47.6 Å². The summed E-state index contributed by atoms with van der Waals surface area (Å²) in [4.78, 5) is 20.2. The lowest BCUT2D eigenvalue weighted by Gasteiger charge is -2.11. The SMILES string of the molecule is Cc1ccc(NC(=O)CCN=C(N)Nc2ccc(OC(C)C)cc2)nc1.I. The lowest BCUT2D eigenvalue weighted by molar-refractivity contribution is -0.116. The van der Waals surface area contributed by atoms with Gasteiger partial charge in [-0.3, -0.25) is 9.79 Å². The minimum Gasteiger partial charge on any atom is -0.491 e. The summed E-state index contributed by atoms with van der Waals surface area (Å²) >= 11 is 0. The molecular formula is C19H26IN5O2. The van der Waals surface area contributed by atoms with Gasteiger partial charge in [0.25, 0.3) is 0 Å². The highest BCUT2D eigenvalue weighted by molar-refractivity contribution is 14.0. The predicted octanol–water partition coefficient (Wildman–Crippen LogP) is 3.55. The molecule has 0 fully saturated rings. The Hall–Kier alpha value is -2.36. The molecule has 0 bridgehead atoms. The van der Waals surface area contributed by atoms with E-state index in [-0.39, 0.29) is 54.9 Å². The van der Waals surface area contributed by atoms with Crippen LogP contribution in [0.5, 0.6) is 5.75 Å². The van der Waals surface area contributed by atoms with Crippen LogP contribution in [0.2, 0.25) is 0 Å². The number of hydrogen-bond donors (Lipinski definition) is 3. The number of carbonyl (C=O) groups excluding carboxylic acids is 1. The fourth-order valence-electron chi connectivity index (χ4n) is 2.10. The van der Waals surface area contributed by atoms with Gasteiger partial charge in [-0.25, -0.2) is 4.98 Å². The predicted molar refractivity (Wildman–Crippen MR) is 120 cm³/mol. The van der Waals surface area contributed by atoms with Crippen molar-refractivity contribution in [1.29, 1.82) is 0 Å². The molecule has 7 nitrogen and oxygen atoms in total. The van der Waals surface area contributed by atoms with Crippen LogP contribution in [0.3, 0.4) is 0 Å². The fourth-order valence-corrected chi connectivity index (χ4v) is 2.10. The van der Waals surface area contributed by atoms with Crippen LogP contribution in [0, 0.1) is 6.92 Å². The first-order chi connectivity index (χ1) is 12.4. The van der Waals surface area contributed by atoms with Crippen LogP contribution in [-0.2, 0) is 4.79 Å². The Morgan fingerprint density at radius 1 is 1.19 bits per heavy atom. The number of guanidine groups is 1. The third kappa shape index (κ3) is 8.72. The summed E-state index contributed by atoms with van der Waals surface area (Å²) in [5, 5.41) is 5.70. The summed E-state index contributed by atoms with van der Waals surface area (Å²) in [5.41, 5.74) is 7.68. The number of nitrogens with one attached hydrogen (secondary N) is 2. The molecule has 0 atom stereocenters. The highest BCUT2D eigenvalue weighted by atomic mass is 127. The van der Waals surface area contributed by atoms with Gasteiger partial charge in [0.05, 0.1) is 12.6 Å². The first-order valence-corrected chi connectivity index (χ1v) is 8.48. The molecular weight excluding hydrogens is 457 g/mol. The van der Waals surface area contributed by atoms with Crippen molar-refractivity contribution >= 4 is 47.3 Å². The number of ether oxygens (including phenoxy) is 1. The van der Waals surface area contributed by atoms with Gasteiger partial charge in [-0.2, -0.15) is 0 Å². The van der Waals surface area contributed by atoms with Crippen LogP contribution in [-0.4, -0.2) is 29.5 Å². The Kier molecular flexibility index (Phi) is 9.55. The van der Waals surface area contributed by atoms with Crippen molar-refractivity contribution in [1.82, 2.24) is 4.98 Å². The Labute approximate surface area is 176 Å². The van der Waals surface area contributed by atoms with Gasteiger partial charge in [-0.1, -0.05) is 6.07 Å². The maximum Gasteiger partial charge on any atom is 0.227 e. The molecule has 4 N–H and O–H groups in total. The van der Waals surface area contributed by atoms with Crippen LogP contribution >= 0.6 is 24.0 Å². The number of benzene rings is 1. The van der Waals surface area contributed by atoms with Gasteiger partial charge in [0, 0.05) is 18.3 Å². The summed E-state index contributed by atoms with van der Waals surface area (Å²) in [5.74, 6) is 1.42. The largest absolute Gasteiger partial charge is 0.491 e. The van der Waals surface area contributed by atoms with E-state index in [4.69, 9.17) is 10.5 Å². The fraction of sp³-hybridized carbons (Fsp3) is 0.316. The van der Waals surface area contributed by atoms with E-state index in [0.29, 0.717) is 5.82 Å². The van der Waals surface area contributed by atoms with Gasteiger partial charge >= 0.3 is 0 Å². The molecule has 1 heterocycles. The van der Waals surface area contributed by atoms with Crippen LogP contribution < -0.4 is 21.1 Å². The lowest BCUT2D eigenvalue weighted by atomic mass is 10.3. The van der Waals surface area contributed by atoms with Gasteiger partial charge in [0.2, 0.25) is 5.91 Å². The number of amides is 1. The van der Waals surface area contributed by atoms with Crippen molar-refractivity contribution in [2.24, 2.45) is 10.7 Å². The Balaban J connectivity index is 0.00000364. The quantitative estimate of drug-likeness (QED) is 0.318. The molecule has 146 valence electrons. The van der Waals surface area contributed by atoms with E-state index in [1.807, 2.05) is 51.1 Å². The van der Waals surface area contributed by atoms with Crippen LogP contribution in [0.4, 0.5) is 11.5 Å². The van der Waals surface area contributed by atoms with E-state index < -0.39 is 0 Å². The summed E-state index contributed by atoms with van der Waals surface area (Å²) in [6, 6.07) is 11.1. The molecule has 0 aliphatic heterocycles. The molecule has 0 saturated heterocycles. The summed E-state index contributed by atoms with van der Waals surface area (Å²) in [6.45, 7) is 6.17. The number of anilines is 2. The van der Waals surface area contributed by atoms with Gasteiger partial charge in [-0.05, 0) is 56.7 Å². The zero-order chi connectivity index (χ0) is 18.9. The number of pyridine rings is 1. The second-order valence-corrected chi connectivity index (χ2v) is 6.10. The third-order valence-electron chi connectivity index (χ3n) is 3.30. The van der Waals surface area contributed by atoms with Crippen molar-refractivity contribution in [3.8, 4) is 5.75 Å². The van der Waals surface area contributed by atoms with Crippen LogP contribution in [0.25, 0.3) is 0 Å². The topological polar surface area (TPSA) is 102 Å². The van der Waals surface area contributed by atoms with Crippen molar-refractivity contribution in [3.05, 3.63) is 48.2 Å². The number of aromatic nitrogens is 1. The molecule has 2 aromatic rings. The number of aliphatic imine (C=N–C) groups is 1. The van der Waals surface area contributed by atoms with Gasteiger partial charge in [0.1, 0.15) is 11.6 Å². The normalized spacial score (nSPS) is 10.9. The maximum atomic E-state index is 11.9. The summed E-state index contributed by atoms with van der Waals surface area (Å²) in [7, 11) is 0. The lowest BCUT2D eigenvalue weighted by Crippen LogP contribution is -2.23. The minimum atomic E-state index is -0.159. The molecule has 0 spiro atoms. The zero-order valence-corrected chi connectivity index (χ0v) is 18.1. The van der Waals surface area contributed by atoms with E-state index in [1.165, 1.54) is 0 Å². The monoisotopic (exact) mass is 483 g/mol. The Morgan fingerprint density at radius 3 is 2.48 bits per heavy atom. The standard InChI is InChI=1S/C19H25N5O2.HI/c1-13(2)26-16-7-5-15(6-8-16)23-19(20)21-11-10-18(25)24-17-9-4-14(3)12-22-17;/h4-9,12-13H,10-11H2,1-3H3,(H3,20,21,23)(H,22,24,25);1H. The number of halogens is 1. The highest BCUT2D eigenvalue weighted by Gasteiger charge is 2.03. The van der Waals surface area contributed by atoms with E-state index in [1.54, 1.807) is 12.3 Å². The number of carbonyl (C=O) groups is 1. The average molecular weight is 483 g/mol. The average Bonchev–Trinajstić information content (AvgIpc) is 2.58. The molecule has 2 rings (SSSR count). The molecule has 1 amide bonds. The third-order valence-corrected chi connectivity index (χ3v) is 3.30. The number of hydrogen-bond acceptors (Lipinski definition) is 4. The smallest absolute Gasteiger partial charge is 0.227 e. The van der Waals surface area contributed by atoms with Gasteiger partial charge < -0.3 is 21.1 Å². The van der Waals surface area contributed by atoms with E-state index >= 15 is 0 Å². The highest BCUT2D eigenvalue weighted by Crippen LogP contribution is 2.16. The molecule has 0 radical (unpaired) electrons. The zero-order valence-electron chi connectivity index (χ0n) is 15.7. The Morgan fingerprint density at radius 2 is 1.89 bits per heavy atom.